The fourth-order valence-corrected chi connectivity index (χ4v) is 3.05. The van der Waals surface area contributed by atoms with Crippen molar-refractivity contribution in [2.75, 3.05) is 18.4 Å². The van der Waals surface area contributed by atoms with Crippen molar-refractivity contribution in [3.05, 3.63) is 29.8 Å². The number of amides is 3. The molecule has 0 unspecified atom stereocenters. The molecule has 0 saturated carbocycles. The van der Waals surface area contributed by atoms with Crippen LogP contribution in [-0.4, -0.2) is 41.8 Å². The van der Waals surface area contributed by atoms with Gasteiger partial charge >= 0.3 is 0 Å². The fraction of sp³-hybridized carbons (Fsp3) is 0.550. The van der Waals surface area contributed by atoms with Crippen molar-refractivity contribution < 1.29 is 14.4 Å². The summed E-state index contributed by atoms with van der Waals surface area (Å²) in [4.78, 5) is 37.8. The Morgan fingerprint density at radius 2 is 1.81 bits per heavy atom. The van der Waals surface area contributed by atoms with E-state index in [0.717, 1.165) is 12.8 Å². The van der Waals surface area contributed by atoms with E-state index in [9.17, 15) is 14.4 Å². The molecule has 0 radical (unpaired) electrons. The Kier molecular flexibility index (Phi) is 6.40. The van der Waals surface area contributed by atoms with Crippen LogP contribution in [-0.2, 0) is 9.59 Å². The summed E-state index contributed by atoms with van der Waals surface area (Å²) >= 11 is 0. The number of nitrogens with one attached hydrogen (secondary N) is 2. The van der Waals surface area contributed by atoms with Gasteiger partial charge in [-0.25, -0.2) is 0 Å². The van der Waals surface area contributed by atoms with Crippen molar-refractivity contribution >= 4 is 23.4 Å². The lowest BCUT2D eigenvalue weighted by atomic mass is 9.91. The topological polar surface area (TPSA) is 78.5 Å². The smallest absolute Gasteiger partial charge is 0.251 e. The van der Waals surface area contributed by atoms with Gasteiger partial charge in [0.2, 0.25) is 11.8 Å². The van der Waals surface area contributed by atoms with Crippen molar-refractivity contribution in [3.8, 4) is 0 Å². The Labute approximate surface area is 155 Å². The fourth-order valence-electron chi connectivity index (χ4n) is 3.05. The highest BCUT2D eigenvalue weighted by molar-refractivity contribution is 5.97. The molecule has 1 aliphatic heterocycles. The van der Waals surface area contributed by atoms with Gasteiger partial charge in [0.15, 0.2) is 0 Å². The number of benzene rings is 1. The Hall–Kier alpha value is -2.37. The molecule has 0 aromatic heterocycles. The maximum atomic E-state index is 12.4. The largest absolute Gasteiger partial charge is 0.349 e. The number of nitrogens with zero attached hydrogens (tertiary/aromatic N) is 1. The van der Waals surface area contributed by atoms with Gasteiger partial charge in [0.25, 0.3) is 5.91 Å². The third kappa shape index (κ3) is 6.17. The summed E-state index contributed by atoms with van der Waals surface area (Å²) in [7, 11) is 0. The minimum absolute atomic E-state index is 0.0128. The molecule has 1 saturated heterocycles. The molecule has 1 aliphatic rings. The Morgan fingerprint density at radius 3 is 2.38 bits per heavy atom. The minimum Gasteiger partial charge on any atom is -0.349 e. The zero-order chi connectivity index (χ0) is 19.3. The van der Waals surface area contributed by atoms with E-state index in [1.807, 2.05) is 4.90 Å². The molecule has 0 aliphatic carbocycles. The molecule has 3 amide bonds. The third-order valence-corrected chi connectivity index (χ3v) is 4.31. The van der Waals surface area contributed by atoms with Crippen LogP contribution in [0, 0.1) is 5.41 Å². The van der Waals surface area contributed by atoms with Crippen LogP contribution in [0.3, 0.4) is 0 Å². The first-order valence-electron chi connectivity index (χ1n) is 9.10. The molecular formula is C20H29N3O3. The molecule has 26 heavy (non-hydrogen) atoms. The predicted octanol–water partition coefficient (Wildman–Crippen LogP) is 2.80. The summed E-state index contributed by atoms with van der Waals surface area (Å²) < 4.78 is 0. The highest BCUT2D eigenvalue weighted by Crippen LogP contribution is 2.22. The summed E-state index contributed by atoms with van der Waals surface area (Å²) in [6, 6.07) is 6.94. The zero-order valence-corrected chi connectivity index (χ0v) is 16.1. The Morgan fingerprint density at radius 1 is 1.15 bits per heavy atom. The number of carbonyl (C=O) groups is 3. The van der Waals surface area contributed by atoms with E-state index >= 15 is 0 Å². The predicted molar refractivity (Wildman–Crippen MR) is 102 cm³/mol. The highest BCUT2D eigenvalue weighted by atomic mass is 16.2. The van der Waals surface area contributed by atoms with Crippen LogP contribution < -0.4 is 10.6 Å². The molecule has 1 heterocycles. The molecule has 1 aromatic rings. The first kappa shape index (κ1) is 19.9. The van der Waals surface area contributed by atoms with Crippen LogP contribution >= 0.6 is 0 Å². The molecule has 2 N–H and O–H groups in total. The first-order chi connectivity index (χ1) is 12.1. The molecule has 1 fully saturated rings. The summed E-state index contributed by atoms with van der Waals surface area (Å²) in [5.74, 6) is -0.142. The summed E-state index contributed by atoms with van der Waals surface area (Å²) in [6.45, 7) is 8.96. The average molecular weight is 359 g/mol. The number of piperidine rings is 1. The van der Waals surface area contributed by atoms with Crippen LogP contribution in [0.5, 0.6) is 0 Å². The number of carbonyl (C=O) groups excluding carboxylic acids is 3. The number of hydrogen-bond donors (Lipinski definition) is 2. The van der Waals surface area contributed by atoms with Crippen LogP contribution in [0.1, 0.15) is 57.3 Å². The molecule has 0 spiro atoms. The lowest BCUT2D eigenvalue weighted by Gasteiger charge is -2.34. The molecule has 1 aromatic carbocycles. The van der Waals surface area contributed by atoms with E-state index in [2.05, 4.69) is 31.4 Å². The molecule has 2 rings (SSSR count). The van der Waals surface area contributed by atoms with Crippen molar-refractivity contribution in [2.24, 2.45) is 5.41 Å². The van der Waals surface area contributed by atoms with E-state index in [1.165, 1.54) is 6.92 Å². The standard InChI is InChI=1S/C20H29N3O3/c1-14(24)21-17-7-5-6-15(12-17)19(26)22-16-8-10-23(11-9-16)18(25)13-20(2,3)4/h5-7,12,16H,8-11,13H2,1-4H3,(H,21,24)(H,22,26). The molecule has 0 bridgehead atoms. The van der Waals surface area contributed by atoms with E-state index in [1.54, 1.807) is 24.3 Å². The highest BCUT2D eigenvalue weighted by Gasteiger charge is 2.26. The second-order valence-corrected chi connectivity index (χ2v) is 8.13. The minimum atomic E-state index is -0.171. The molecule has 6 heteroatoms. The van der Waals surface area contributed by atoms with Crippen molar-refractivity contribution in [3.63, 3.8) is 0 Å². The number of likely N-dealkylation sites (tertiary alicyclic amines) is 1. The lowest BCUT2D eigenvalue weighted by molar-refractivity contribution is -0.134. The number of anilines is 1. The normalized spacial score (nSPS) is 15.5. The second-order valence-electron chi connectivity index (χ2n) is 8.13. The zero-order valence-electron chi connectivity index (χ0n) is 16.1. The summed E-state index contributed by atoms with van der Waals surface area (Å²) in [6.07, 6.45) is 2.06. The summed E-state index contributed by atoms with van der Waals surface area (Å²) in [5, 5.41) is 5.71. The molecule has 6 nitrogen and oxygen atoms in total. The van der Waals surface area contributed by atoms with Gasteiger partial charge in [-0.15, -0.1) is 0 Å². The third-order valence-electron chi connectivity index (χ3n) is 4.31. The lowest BCUT2D eigenvalue weighted by Crippen LogP contribution is -2.47. The molecule has 0 atom stereocenters. The first-order valence-corrected chi connectivity index (χ1v) is 9.10. The van der Waals surface area contributed by atoms with Crippen LogP contribution in [0.4, 0.5) is 5.69 Å². The average Bonchev–Trinajstić information content (AvgIpc) is 2.53. The van der Waals surface area contributed by atoms with Gasteiger partial charge < -0.3 is 15.5 Å². The summed E-state index contributed by atoms with van der Waals surface area (Å²) in [5.41, 5.74) is 1.11. The van der Waals surface area contributed by atoms with Gasteiger partial charge in [0.1, 0.15) is 0 Å². The van der Waals surface area contributed by atoms with Crippen LogP contribution in [0.25, 0.3) is 0 Å². The van der Waals surface area contributed by atoms with Crippen LogP contribution in [0.2, 0.25) is 0 Å². The van der Waals surface area contributed by atoms with Crippen molar-refractivity contribution in [2.45, 2.75) is 53.0 Å². The number of hydrogen-bond acceptors (Lipinski definition) is 3. The van der Waals surface area contributed by atoms with Crippen molar-refractivity contribution in [1.29, 1.82) is 0 Å². The van der Waals surface area contributed by atoms with Crippen LogP contribution in [0.15, 0.2) is 24.3 Å². The maximum absolute atomic E-state index is 12.4. The van der Waals surface area contributed by atoms with Gasteiger partial charge in [-0.3, -0.25) is 14.4 Å². The van der Waals surface area contributed by atoms with E-state index in [0.29, 0.717) is 30.8 Å². The van der Waals surface area contributed by atoms with Crippen molar-refractivity contribution in [1.82, 2.24) is 10.2 Å². The van der Waals surface area contributed by atoms with Gasteiger partial charge in [-0.2, -0.15) is 0 Å². The number of rotatable bonds is 4. The van der Waals surface area contributed by atoms with Gasteiger partial charge in [0, 0.05) is 43.7 Å². The van der Waals surface area contributed by atoms with E-state index in [4.69, 9.17) is 0 Å². The Bertz CT molecular complexity index is 671. The SMILES string of the molecule is CC(=O)Nc1cccc(C(=O)NC2CCN(C(=O)CC(C)(C)C)CC2)c1. The van der Waals surface area contributed by atoms with Gasteiger partial charge in [0.05, 0.1) is 0 Å². The second kappa shape index (κ2) is 8.34. The Balaban J connectivity index is 1.86. The van der Waals surface area contributed by atoms with Gasteiger partial charge in [-0.05, 0) is 36.5 Å². The monoisotopic (exact) mass is 359 g/mol. The van der Waals surface area contributed by atoms with E-state index < -0.39 is 0 Å². The molecular weight excluding hydrogens is 330 g/mol. The van der Waals surface area contributed by atoms with E-state index in [-0.39, 0.29) is 29.2 Å². The van der Waals surface area contributed by atoms with Gasteiger partial charge in [-0.1, -0.05) is 26.8 Å². The molecule has 142 valence electrons. The quantitative estimate of drug-likeness (QED) is 0.868. The maximum Gasteiger partial charge on any atom is 0.251 e.